The second kappa shape index (κ2) is 27.4. The number of halogens is 2. The second-order valence-electron chi connectivity index (χ2n) is 16.0. The average Bonchev–Trinajstić information content (AvgIpc) is 3.20. The van der Waals surface area contributed by atoms with Gasteiger partial charge in [0.25, 0.3) is 0 Å². The molecule has 0 saturated heterocycles. The number of carboxylic acids is 2. The first-order valence-corrected chi connectivity index (χ1v) is 24.0. The van der Waals surface area contributed by atoms with Crippen LogP contribution in [0.4, 0.5) is 20.7 Å². The van der Waals surface area contributed by atoms with Gasteiger partial charge in [-0.25, -0.2) is 54.2 Å². The molecular formula is C44H58CaCuF2N6O12S2. The largest absolute Gasteiger partial charge is 2.00 e. The zero-order valence-electron chi connectivity index (χ0n) is 40.6. The maximum absolute atomic E-state index is 13.5. The number of anilines is 2. The van der Waals surface area contributed by atoms with Gasteiger partial charge in [0.1, 0.15) is 11.6 Å². The van der Waals surface area contributed by atoms with Crippen LogP contribution in [-0.4, -0.2) is 168 Å². The predicted octanol–water partition coefficient (Wildman–Crippen LogP) is 4.65. The summed E-state index contributed by atoms with van der Waals surface area (Å²) < 4.78 is 77.2. The van der Waals surface area contributed by atoms with E-state index in [1.165, 1.54) is 86.9 Å². The number of aliphatic hydroxyl groups is 4. The van der Waals surface area contributed by atoms with Gasteiger partial charge in [-0.2, -0.15) is 0 Å². The molecule has 2 aromatic carbocycles. The maximum atomic E-state index is 13.5. The number of sulfonamides is 2. The van der Waals surface area contributed by atoms with Crippen LogP contribution < -0.4 is 8.61 Å². The van der Waals surface area contributed by atoms with E-state index in [1.807, 2.05) is 27.7 Å². The fourth-order valence-corrected chi connectivity index (χ4v) is 6.85. The van der Waals surface area contributed by atoms with E-state index < -0.39 is 80.9 Å². The molecule has 0 fully saturated rings. The molecule has 18 nitrogen and oxygen atoms in total. The molecule has 4 rings (SSSR count). The van der Waals surface area contributed by atoms with Crippen molar-refractivity contribution in [2.45, 2.75) is 89.6 Å². The molecule has 2 heterocycles. The number of hydrogen-bond donors (Lipinski definition) is 6. The Labute approximate surface area is 438 Å². The van der Waals surface area contributed by atoms with Crippen LogP contribution in [0.5, 0.6) is 0 Å². The third-order valence-electron chi connectivity index (χ3n) is 9.63. The van der Waals surface area contributed by atoms with Gasteiger partial charge >= 0.3 is 49.7 Å². The van der Waals surface area contributed by atoms with Gasteiger partial charge in [0.05, 0.1) is 72.5 Å². The Morgan fingerprint density at radius 2 is 0.912 bits per heavy atom. The first-order chi connectivity index (χ1) is 30.6. The maximum Gasteiger partial charge on any atom is 2.00 e. The van der Waals surface area contributed by atoms with Crippen molar-refractivity contribution in [1.82, 2.24) is 19.9 Å². The van der Waals surface area contributed by atoms with Crippen LogP contribution in [0.3, 0.4) is 0 Å². The average molecular weight is 1070 g/mol. The second-order valence-corrected chi connectivity index (χ2v) is 20.0. The molecule has 0 spiro atoms. The SMILES string of the molecule is CC(C)c1nc(N(C)S(C)(=O)=O)nc(-c2ccc(F)cc2)c1C=C[C@@H](O)C[C@@H](O)CC(=O)O.CC(C)c1nc(N(C)S(C)(=O)=O)nc(-c2ccc(F)cc2)c1C=C[C@@H](O)C[C@@H](O)CC(=O)O.[Ca+2].[Cu].[H-].[H-]. The molecular weight excluding hydrogens is 1010 g/mol. The van der Waals surface area contributed by atoms with Crippen LogP contribution in [0.2, 0.25) is 0 Å². The molecule has 24 heteroatoms. The van der Waals surface area contributed by atoms with Crippen molar-refractivity contribution in [2.75, 3.05) is 35.2 Å². The van der Waals surface area contributed by atoms with E-state index in [4.69, 9.17) is 10.2 Å². The molecule has 4 atom stereocenters. The number of hydrogen-bond acceptors (Lipinski definition) is 14. The third kappa shape index (κ3) is 19.1. The van der Waals surface area contributed by atoms with Crippen molar-refractivity contribution >= 4 is 93.8 Å². The topological polar surface area (TPSA) is 282 Å². The molecule has 0 amide bonds. The van der Waals surface area contributed by atoms with Crippen molar-refractivity contribution in [2.24, 2.45) is 0 Å². The number of benzene rings is 2. The Morgan fingerprint density at radius 3 is 1.16 bits per heavy atom. The monoisotopic (exact) mass is 1070 g/mol. The van der Waals surface area contributed by atoms with Crippen LogP contribution in [0.15, 0.2) is 60.7 Å². The van der Waals surface area contributed by atoms with Crippen molar-refractivity contribution in [3.63, 3.8) is 0 Å². The van der Waals surface area contributed by atoms with Crippen molar-refractivity contribution in [3.8, 4) is 22.5 Å². The molecule has 0 aliphatic carbocycles. The normalized spacial score (nSPS) is 13.5. The number of aromatic nitrogens is 4. The summed E-state index contributed by atoms with van der Waals surface area (Å²) in [5.41, 5.74) is 3.60. The first-order valence-electron chi connectivity index (χ1n) is 20.3. The van der Waals surface area contributed by atoms with E-state index in [2.05, 4.69) is 19.9 Å². The van der Waals surface area contributed by atoms with Crippen LogP contribution in [0.1, 0.15) is 90.6 Å². The zero-order chi connectivity index (χ0) is 49.8. The summed E-state index contributed by atoms with van der Waals surface area (Å²) in [5.74, 6) is -3.74. The minimum Gasteiger partial charge on any atom is -1.00 e. The molecule has 375 valence electrons. The summed E-state index contributed by atoms with van der Waals surface area (Å²) >= 11 is 0. The summed E-state index contributed by atoms with van der Waals surface area (Å²) in [4.78, 5) is 39.1. The smallest absolute Gasteiger partial charge is 1.00 e. The number of carboxylic acid groups (broad SMARTS) is 2. The van der Waals surface area contributed by atoms with Gasteiger partial charge in [0.15, 0.2) is 0 Å². The summed E-state index contributed by atoms with van der Waals surface area (Å²) in [7, 11) is -4.65. The van der Waals surface area contributed by atoms with Crippen LogP contribution in [0, 0.1) is 11.6 Å². The molecule has 4 aromatic rings. The quantitative estimate of drug-likeness (QED) is 0.0658. The number of rotatable bonds is 20. The number of aliphatic hydroxyl groups excluding tert-OH is 4. The molecule has 0 aliphatic rings. The van der Waals surface area contributed by atoms with E-state index in [1.54, 1.807) is 0 Å². The van der Waals surface area contributed by atoms with Crippen molar-refractivity contribution < 1.29 is 85.8 Å². The van der Waals surface area contributed by atoms with Crippen molar-refractivity contribution in [3.05, 3.63) is 94.8 Å². The molecule has 1 radical (unpaired) electrons. The standard InChI is InChI=1S/2C22H28FN3O6S.Ca.Cu.2H/c2*1-13(2)20-18(10-9-16(27)11-17(28)12-19(29)30)21(14-5-7-15(23)8-6-14)25-22(24-20)26(3)33(4,31)32;;;;/h2*5-10,13,16-17,27-28H,11-12H2,1-4H3,(H,29,30);;;;/q;;+2;;2*-1/t2*16-,17-;;;;/m11..../s1. The number of carbonyl (C=O) groups is 2. The predicted molar refractivity (Wildman–Crippen MR) is 253 cm³/mol. The minimum absolute atomic E-state index is 0. The molecule has 68 heavy (non-hydrogen) atoms. The van der Waals surface area contributed by atoms with E-state index in [0.29, 0.717) is 45.0 Å². The Morgan fingerprint density at radius 1 is 0.618 bits per heavy atom. The fourth-order valence-electron chi connectivity index (χ4n) is 6.09. The zero-order valence-corrected chi connectivity index (χ0v) is 43.4. The van der Waals surface area contributed by atoms with Gasteiger partial charge < -0.3 is 33.5 Å². The Balaban J connectivity index is 0. The fraction of sp³-hybridized carbons (Fsp3) is 0.409. The summed E-state index contributed by atoms with van der Waals surface area (Å²) in [6.07, 6.45) is 1.72. The Bertz CT molecular complexity index is 2450. The van der Waals surface area contributed by atoms with Gasteiger partial charge in [0, 0.05) is 66.3 Å². The van der Waals surface area contributed by atoms with Crippen LogP contribution >= 0.6 is 0 Å². The van der Waals surface area contributed by atoms with E-state index in [-0.39, 0.29) is 94.2 Å². The molecule has 0 aliphatic heterocycles. The minimum atomic E-state index is -3.65. The third-order valence-corrected chi connectivity index (χ3v) is 11.9. The summed E-state index contributed by atoms with van der Waals surface area (Å²) in [5, 5.41) is 57.6. The van der Waals surface area contributed by atoms with E-state index >= 15 is 0 Å². The van der Waals surface area contributed by atoms with Crippen LogP contribution in [-0.2, 0) is 46.7 Å². The van der Waals surface area contributed by atoms with Gasteiger partial charge in [-0.05, 0) is 60.4 Å². The molecule has 0 saturated carbocycles. The summed E-state index contributed by atoms with van der Waals surface area (Å²) in [6, 6.07) is 11.0. The molecule has 0 unspecified atom stereocenters. The van der Waals surface area contributed by atoms with Gasteiger partial charge in [-0.15, -0.1) is 0 Å². The van der Waals surface area contributed by atoms with E-state index in [0.717, 1.165) is 21.1 Å². The number of nitrogens with zero attached hydrogens (tertiary/aromatic N) is 6. The first kappa shape index (κ1) is 62.0. The van der Waals surface area contributed by atoms with Crippen LogP contribution in [0.25, 0.3) is 34.7 Å². The number of aliphatic carboxylic acids is 2. The summed E-state index contributed by atoms with van der Waals surface area (Å²) in [6.45, 7) is 7.41. The Hall–Kier alpha value is -4.00. The van der Waals surface area contributed by atoms with Gasteiger partial charge in [-0.1, -0.05) is 52.0 Å². The molecule has 2 aromatic heterocycles. The Kier molecular flexibility index (Phi) is 25.0. The van der Waals surface area contributed by atoms with Gasteiger partial charge in [-0.3, -0.25) is 9.59 Å². The molecule has 6 N–H and O–H groups in total. The molecule has 0 bridgehead atoms. The van der Waals surface area contributed by atoms with Gasteiger partial charge in [0.2, 0.25) is 31.9 Å². The van der Waals surface area contributed by atoms with E-state index in [9.17, 15) is 55.6 Å². The van der Waals surface area contributed by atoms with Crippen molar-refractivity contribution in [1.29, 1.82) is 0 Å².